The van der Waals surface area contributed by atoms with Crippen LogP contribution < -0.4 is 5.32 Å². The standard InChI is InChI=1S/C16H15ClN2O/c1-20-11-16(12-5-3-2-4-6-12)19-14-8-7-13(10-18)15(17)9-14/h2-9,16,19H,11H2,1H3. The molecule has 0 spiro atoms. The molecular formula is C16H15ClN2O. The van der Waals surface area contributed by atoms with Gasteiger partial charge in [-0.2, -0.15) is 5.26 Å². The molecule has 2 aromatic carbocycles. The van der Waals surface area contributed by atoms with Crippen molar-refractivity contribution in [2.24, 2.45) is 0 Å². The van der Waals surface area contributed by atoms with Gasteiger partial charge < -0.3 is 10.1 Å². The molecule has 2 aromatic rings. The van der Waals surface area contributed by atoms with Gasteiger partial charge in [0.1, 0.15) is 6.07 Å². The van der Waals surface area contributed by atoms with Crippen LogP contribution in [0.5, 0.6) is 0 Å². The molecule has 1 atom stereocenters. The van der Waals surface area contributed by atoms with Crippen molar-refractivity contribution in [3.8, 4) is 6.07 Å². The van der Waals surface area contributed by atoms with Crippen molar-refractivity contribution in [2.75, 3.05) is 19.0 Å². The minimum absolute atomic E-state index is 0.0326. The number of halogens is 1. The van der Waals surface area contributed by atoms with Crippen LogP contribution in [0.2, 0.25) is 5.02 Å². The van der Waals surface area contributed by atoms with Crippen LogP contribution >= 0.6 is 11.6 Å². The molecule has 4 heteroatoms. The Balaban J connectivity index is 2.21. The van der Waals surface area contributed by atoms with E-state index in [-0.39, 0.29) is 6.04 Å². The molecular weight excluding hydrogens is 272 g/mol. The molecule has 0 aromatic heterocycles. The molecule has 1 unspecified atom stereocenters. The molecule has 0 saturated carbocycles. The van der Waals surface area contributed by atoms with Gasteiger partial charge in [0.25, 0.3) is 0 Å². The quantitative estimate of drug-likeness (QED) is 0.903. The first-order valence-electron chi connectivity index (χ1n) is 6.24. The van der Waals surface area contributed by atoms with E-state index in [1.807, 2.05) is 42.5 Å². The van der Waals surface area contributed by atoms with Crippen LogP contribution in [0.15, 0.2) is 48.5 Å². The molecule has 2 rings (SSSR count). The maximum Gasteiger partial charge on any atom is 0.101 e. The third-order valence-electron chi connectivity index (χ3n) is 2.97. The summed E-state index contributed by atoms with van der Waals surface area (Å²) in [5.74, 6) is 0. The Hall–Kier alpha value is -2.02. The highest BCUT2D eigenvalue weighted by Crippen LogP contribution is 2.24. The first-order chi connectivity index (χ1) is 9.74. The Kier molecular flexibility index (Phi) is 5.00. The number of benzene rings is 2. The molecule has 0 aliphatic heterocycles. The molecule has 0 fully saturated rings. The normalized spacial score (nSPS) is 11.7. The largest absolute Gasteiger partial charge is 0.382 e. The summed E-state index contributed by atoms with van der Waals surface area (Å²) in [6.07, 6.45) is 0. The number of nitrogens with zero attached hydrogens (tertiary/aromatic N) is 1. The summed E-state index contributed by atoms with van der Waals surface area (Å²) in [6.45, 7) is 0.543. The van der Waals surface area contributed by atoms with E-state index in [4.69, 9.17) is 21.6 Å². The van der Waals surface area contributed by atoms with E-state index in [1.54, 1.807) is 19.2 Å². The Morgan fingerprint density at radius 1 is 1.25 bits per heavy atom. The fourth-order valence-electron chi connectivity index (χ4n) is 1.97. The predicted octanol–water partition coefficient (Wildman–Crippen LogP) is 4.01. The zero-order valence-corrected chi connectivity index (χ0v) is 11.9. The number of methoxy groups -OCH3 is 1. The van der Waals surface area contributed by atoms with Crippen molar-refractivity contribution in [3.63, 3.8) is 0 Å². The van der Waals surface area contributed by atoms with Crippen LogP contribution in [0.3, 0.4) is 0 Å². The number of rotatable bonds is 5. The second kappa shape index (κ2) is 6.95. The fourth-order valence-corrected chi connectivity index (χ4v) is 2.19. The average molecular weight is 287 g/mol. The Morgan fingerprint density at radius 3 is 2.60 bits per heavy atom. The van der Waals surface area contributed by atoms with Crippen LogP contribution in [0.1, 0.15) is 17.2 Å². The summed E-state index contributed by atoms with van der Waals surface area (Å²) in [4.78, 5) is 0. The summed E-state index contributed by atoms with van der Waals surface area (Å²) >= 11 is 6.04. The number of nitrogens with one attached hydrogen (secondary N) is 1. The van der Waals surface area contributed by atoms with Crippen LogP contribution in [0, 0.1) is 11.3 Å². The highest BCUT2D eigenvalue weighted by molar-refractivity contribution is 6.32. The van der Waals surface area contributed by atoms with Gasteiger partial charge in [-0.1, -0.05) is 41.9 Å². The number of anilines is 1. The molecule has 102 valence electrons. The molecule has 20 heavy (non-hydrogen) atoms. The van der Waals surface area contributed by atoms with E-state index in [0.29, 0.717) is 17.2 Å². The first-order valence-corrected chi connectivity index (χ1v) is 6.62. The molecule has 0 aliphatic carbocycles. The van der Waals surface area contributed by atoms with Gasteiger partial charge in [0.05, 0.1) is 23.2 Å². The lowest BCUT2D eigenvalue weighted by atomic mass is 10.1. The monoisotopic (exact) mass is 286 g/mol. The van der Waals surface area contributed by atoms with E-state index in [9.17, 15) is 0 Å². The minimum Gasteiger partial charge on any atom is -0.382 e. The zero-order chi connectivity index (χ0) is 14.4. The van der Waals surface area contributed by atoms with Crippen molar-refractivity contribution >= 4 is 17.3 Å². The molecule has 0 saturated heterocycles. The fraction of sp³-hybridized carbons (Fsp3) is 0.188. The van der Waals surface area contributed by atoms with Gasteiger partial charge >= 0.3 is 0 Å². The van der Waals surface area contributed by atoms with Crippen LogP contribution in [0.4, 0.5) is 5.69 Å². The Labute approximate surface area is 123 Å². The first kappa shape index (κ1) is 14.4. The molecule has 3 nitrogen and oxygen atoms in total. The van der Waals surface area contributed by atoms with E-state index >= 15 is 0 Å². The number of ether oxygens (including phenoxy) is 1. The smallest absolute Gasteiger partial charge is 0.101 e. The highest BCUT2D eigenvalue weighted by Gasteiger charge is 2.11. The van der Waals surface area contributed by atoms with Gasteiger partial charge in [0.2, 0.25) is 0 Å². The third-order valence-corrected chi connectivity index (χ3v) is 3.28. The molecule has 0 aliphatic rings. The summed E-state index contributed by atoms with van der Waals surface area (Å²) in [5.41, 5.74) is 2.47. The van der Waals surface area contributed by atoms with Gasteiger partial charge in [-0.05, 0) is 23.8 Å². The van der Waals surface area contributed by atoms with Crippen molar-refractivity contribution in [2.45, 2.75) is 6.04 Å². The summed E-state index contributed by atoms with van der Waals surface area (Å²) in [6, 6.07) is 17.4. The van der Waals surface area contributed by atoms with E-state index in [2.05, 4.69) is 5.32 Å². The lowest BCUT2D eigenvalue weighted by Crippen LogP contribution is -2.16. The second-order valence-corrected chi connectivity index (χ2v) is 4.78. The predicted molar refractivity (Wildman–Crippen MR) is 80.8 cm³/mol. The minimum atomic E-state index is 0.0326. The number of hydrogen-bond acceptors (Lipinski definition) is 3. The molecule has 0 bridgehead atoms. The summed E-state index contributed by atoms with van der Waals surface area (Å²) in [7, 11) is 1.67. The lowest BCUT2D eigenvalue weighted by molar-refractivity contribution is 0.186. The second-order valence-electron chi connectivity index (χ2n) is 4.37. The molecule has 0 heterocycles. The molecule has 1 N–H and O–H groups in total. The Morgan fingerprint density at radius 2 is 2.00 bits per heavy atom. The van der Waals surface area contributed by atoms with E-state index in [0.717, 1.165) is 11.3 Å². The summed E-state index contributed by atoms with van der Waals surface area (Å²) in [5, 5.41) is 12.7. The van der Waals surface area contributed by atoms with Crippen molar-refractivity contribution in [1.82, 2.24) is 0 Å². The van der Waals surface area contributed by atoms with Crippen molar-refractivity contribution in [3.05, 3.63) is 64.7 Å². The van der Waals surface area contributed by atoms with Gasteiger partial charge in [0.15, 0.2) is 0 Å². The van der Waals surface area contributed by atoms with Crippen molar-refractivity contribution < 1.29 is 4.74 Å². The van der Waals surface area contributed by atoms with Gasteiger partial charge in [0, 0.05) is 12.8 Å². The highest BCUT2D eigenvalue weighted by atomic mass is 35.5. The molecule has 0 amide bonds. The van der Waals surface area contributed by atoms with Crippen LogP contribution in [-0.4, -0.2) is 13.7 Å². The molecule has 0 radical (unpaired) electrons. The van der Waals surface area contributed by atoms with E-state index < -0.39 is 0 Å². The van der Waals surface area contributed by atoms with Gasteiger partial charge in [-0.15, -0.1) is 0 Å². The van der Waals surface area contributed by atoms with Crippen molar-refractivity contribution in [1.29, 1.82) is 5.26 Å². The zero-order valence-electron chi connectivity index (χ0n) is 11.1. The Bertz CT molecular complexity index is 608. The third kappa shape index (κ3) is 3.51. The van der Waals surface area contributed by atoms with Gasteiger partial charge in [-0.3, -0.25) is 0 Å². The van der Waals surface area contributed by atoms with Crippen LogP contribution in [-0.2, 0) is 4.74 Å². The van der Waals surface area contributed by atoms with E-state index in [1.165, 1.54) is 0 Å². The maximum absolute atomic E-state index is 8.88. The lowest BCUT2D eigenvalue weighted by Gasteiger charge is -2.20. The maximum atomic E-state index is 8.88. The number of nitriles is 1. The average Bonchev–Trinajstić information content (AvgIpc) is 2.48. The van der Waals surface area contributed by atoms with Crippen LogP contribution in [0.25, 0.3) is 0 Å². The SMILES string of the molecule is COCC(Nc1ccc(C#N)c(Cl)c1)c1ccccc1. The number of hydrogen-bond donors (Lipinski definition) is 1. The topological polar surface area (TPSA) is 45.0 Å². The summed E-state index contributed by atoms with van der Waals surface area (Å²) < 4.78 is 5.26. The van der Waals surface area contributed by atoms with Gasteiger partial charge in [-0.25, -0.2) is 0 Å².